The number of rotatable bonds is 7. The molecular formula is C35H41N3O4S. The van der Waals surface area contributed by atoms with Crippen LogP contribution in [-0.2, 0) is 20.9 Å². The van der Waals surface area contributed by atoms with Crippen LogP contribution in [0, 0.1) is 31.6 Å². The van der Waals surface area contributed by atoms with Gasteiger partial charge in [0, 0.05) is 30.6 Å². The summed E-state index contributed by atoms with van der Waals surface area (Å²) in [6, 6.07) is 14.6. The van der Waals surface area contributed by atoms with E-state index in [4.69, 9.17) is 0 Å². The van der Waals surface area contributed by atoms with Crippen molar-refractivity contribution in [2.75, 3.05) is 24.6 Å². The SMILES string of the molecule is Cc1ccc(C)c(N2CC=C[C@]34S[C@@H]5C=CCN(Cc6ccccc6)C(=O)[C@@H]5[C@H]3C(=O)N([C@@H](CO)CC(C)C)C4C2=O)c1. The maximum Gasteiger partial charge on any atom is 0.251 e. The van der Waals surface area contributed by atoms with Crippen LogP contribution in [0.3, 0.4) is 0 Å². The van der Waals surface area contributed by atoms with Gasteiger partial charge in [0.25, 0.3) is 5.91 Å². The number of amides is 3. The number of carbonyl (C=O) groups is 3. The van der Waals surface area contributed by atoms with Gasteiger partial charge in [0.15, 0.2) is 0 Å². The Kier molecular flexibility index (Phi) is 8.03. The maximum atomic E-state index is 14.8. The van der Waals surface area contributed by atoms with E-state index in [2.05, 4.69) is 26.0 Å². The minimum Gasteiger partial charge on any atom is -0.394 e. The van der Waals surface area contributed by atoms with Crippen molar-refractivity contribution in [2.45, 2.75) is 62.7 Å². The van der Waals surface area contributed by atoms with E-state index in [0.717, 1.165) is 22.4 Å². The number of carbonyl (C=O) groups excluding carboxylic acids is 3. The number of hydrogen-bond acceptors (Lipinski definition) is 5. The standard InChI is InChI=1S/C35H41N3O4S/c1-22(2)18-26(21-39)38-31-34(42)37(27-19-23(3)13-14-24(27)4)17-9-15-35(31)30(33(38)41)29-28(43-35)12-8-16-36(32(29)40)20-25-10-6-5-7-11-25/h5-15,19,22,26,28-31,39H,16-18,20-21H2,1-4H3/t26-,28-,29+,30+,31?,35+/m1/s1. The van der Waals surface area contributed by atoms with Gasteiger partial charge in [-0.15, -0.1) is 11.8 Å². The first-order chi connectivity index (χ1) is 20.7. The lowest BCUT2D eigenvalue weighted by Crippen LogP contribution is -2.57. The van der Waals surface area contributed by atoms with E-state index in [9.17, 15) is 19.5 Å². The van der Waals surface area contributed by atoms with Gasteiger partial charge in [-0.25, -0.2) is 0 Å². The maximum absolute atomic E-state index is 14.8. The van der Waals surface area contributed by atoms with Gasteiger partial charge in [0.05, 0.1) is 29.2 Å². The van der Waals surface area contributed by atoms with E-state index >= 15 is 0 Å². The first-order valence-corrected chi connectivity index (χ1v) is 16.2. The van der Waals surface area contributed by atoms with Crippen molar-refractivity contribution in [3.05, 3.63) is 89.5 Å². The number of thioether (sulfide) groups is 1. The summed E-state index contributed by atoms with van der Waals surface area (Å²) < 4.78 is -0.920. The summed E-state index contributed by atoms with van der Waals surface area (Å²) in [7, 11) is 0. The molecule has 2 aromatic carbocycles. The molecule has 4 aliphatic rings. The monoisotopic (exact) mass is 599 g/mol. The molecule has 4 heterocycles. The minimum atomic E-state index is -0.920. The van der Waals surface area contributed by atoms with Crippen molar-refractivity contribution < 1.29 is 19.5 Å². The largest absolute Gasteiger partial charge is 0.394 e. The lowest BCUT2D eigenvalue weighted by atomic mass is 9.78. The fraction of sp³-hybridized carbons (Fsp3) is 0.457. The minimum absolute atomic E-state index is 0.0527. The number of benzene rings is 2. The molecule has 3 amide bonds. The Morgan fingerprint density at radius 3 is 2.47 bits per heavy atom. The van der Waals surface area contributed by atoms with Crippen molar-refractivity contribution in [1.29, 1.82) is 0 Å². The third-order valence-electron chi connectivity index (χ3n) is 9.40. The number of aryl methyl sites for hydroxylation is 2. The molecule has 6 rings (SSSR count). The predicted octanol–water partition coefficient (Wildman–Crippen LogP) is 4.51. The van der Waals surface area contributed by atoms with Gasteiger partial charge in [-0.05, 0) is 48.9 Å². The van der Waals surface area contributed by atoms with Gasteiger partial charge in [-0.3, -0.25) is 14.4 Å². The van der Waals surface area contributed by atoms with E-state index in [1.54, 1.807) is 21.6 Å². The summed E-state index contributed by atoms with van der Waals surface area (Å²) in [5.74, 6) is -1.51. The molecule has 1 unspecified atom stereocenters. The highest BCUT2D eigenvalue weighted by Gasteiger charge is 2.71. The molecule has 43 heavy (non-hydrogen) atoms. The third kappa shape index (κ3) is 5.02. The number of nitrogens with zero attached hydrogens (tertiary/aromatic N) is 3. The van der Waals surface area contributed by atoms with Gasteiger partial charge < -0.3 is 19.8 Å². The van der Waals surface area contributed by atoms with Crippen molar-refractivity contribution in [3.63, 3.8) is 0 Å². The molecule has 0 saturated carbocycles. The molecule has 0 aromatic heterocycles. The van der Waals surface area contributed by atoms with Crippen LogP contribution in [0.25, 0.3) is 0 Å². The van der Waals surface area contributed by atoms with E-state index < -0.39 is 28.7 Å². The van der Waals surface area contributed by atoms with Crippen molar-refractivity contribution in [3.8, 4) is 0 Å². The average Bonchev–Trinajstić information content (AvgIpc) is 3.31. The first-order valence-electron chi connectivity index (χ1n) is 15.3. The van der Waals surface area contributed by atoms with Crippen LogP contribution in [0.1, 0.15) is 37.0 Å². The molecule has 6 atom stereocenters. The Bertz CT molecular complexity index is 1470. The molecule has 0 bridgehead atoms. The fourth-order valence-electron chi connectivity index (χ4n) is 7.51. The second-order valence-electron chi connectivity index (χ2n) is 12.8. The van der Waals surface area contributed by atoms with Crippen molar-refractivity contribution in [1.82, 2.24) is 9.80 Å². The van der Waals surface area contributed by atoms with Crippen molar-refractivity contribution >= 4 is 35.2 Å². The molecule has 2 fully saturated rings. The van der Waals surface area contributed by atoms with Gasteiger partial charge >= 0.3 is 0 Å². The van der Waals surface area contributed by atoms with Crippen LogP contribution < -0.4 is 4.90 Å². The summed E-state index contributed by atoms with van der Waals surface area (Å²) in [6.07, 6.45) is 8.73. The number of fused-ring (bicyclic) bond motifs is 2. The van der Waals surface area contributed by atoms with Crippen LogP contribution in [0.4, 0.5) is 5.69 Å². The highest BCUT2D eigenvalue weighted by Crippen LogP contribution is 2.61. The van der Waals surface area contributed by atoms with E-state index in [1.807, 2.05) is 79.4 Å². The molecule has 226 valence electrons. The molecule has 7 nitrogen and oxygen atoms in total. The lowest BCUT2D eigenvalue weighted by Gasteiger charge is -2.39. The summed E-state index contributed by atoms with van der Waals surface area (Å²) in [5, 5.41) is 10.4. The van der Waals surface area contributed by atoms with Gasteiger partial charge in [-0.1, -0.05) is 80.6 Å². The van der Waals surface area contributed by atoms with Crippen LogP contribution in [0.15, 0.2) is 72.8 Å². The molecule has 2 saturated heterocycles. The van der Waals surface area contributed by atoms with Crippen LogP contribution in [-0.4, -0.2) is 74.4 Å². The molecule has 8 heteroatoms. The smallest absolute Gasteiger partial charge is 0.251 e. The van der Waals surface area contributed by atoms with Gasteiger partial charge in [-0.2, -0.15) is 0 Å². The Balaban J connectivity index is 1.45. The zero-order chi connectivity index (χ0) is 30.5. The Labute approximate surface area is 258 Å². The number of aliphatic hydroxyl groups is 1. The number of aliphatic hydroxyl groups excluding tert-OH is 1. The van der Waals surface area contributed by atoms with Crippen LogP contribution in [0.5, 0.6) is 0 Å². The molecule has 1 N–H and O–H groups in total. The predicted molar refractivity (Wildman–Crippen MR) is 170 cm³/mol. The molecule has 4 aliphatic heterocycles. The normalized spacial score (nSPS) is 29.1. The van der Waals surface area contributed by atoms with Gasteiger partial charge in [0.2, 0.25) is 11.8 Å². The lowest BCUT2D eigenvalue weighted by molar-refractivity contribution is -0.145. The molecular weight excluding hydrogens is 558 g/mol. The van der Waals surface area contributed by atoms with E-state index in [0.29, 0.717) is 26.1 Å². The summed E-state index contributed by atoms with van der Waals surface area (Å²) in [4.78, 5) is 49.3. The Hall–Kier alpha value is -3.36. The zero-order valence-electron chi connectivity index (χ0n) is 25.3. The highest BCUT2D eigenvalue weighted by atomic mass is 32.2. The van der Waals surface area contributed by atoms with Crippen LogP contribution in [0.2, 0.25) is 0 Å². The Morgan fingerprint density at radius 1 is 0.977 bits per heavy atom. The van der Waals surface area contributed by atoms with E-state index in [1.165, 1.54) is 0 Å². The second kappa shape index (κ2) is 11.6. The summed E-state index contributed by atoms with van der Waals surface area (Å²) in [5.41, 5.74) is 3.89. The quantitative estimate of drug-likeness (QED) is 0.474. The molecule has 0 aliphatic carbocycles. The fourth-order valence-corrected chi connectivity index (χ4v) is 9.51. The number of anilines is 1. The third-order valence-corrected chi connectivity index (χ3v) is 11.1. The summed E-state index contributed by atoms with van der Waals surface area (Å²) in [6.45, 7) is 9.19. The van der Waals surface area contributed by atoms with E-state index in [-0.39, 0.29) is 35.5 Å². The number of likely N-dealkylation sites (tertiary alicyclic amines) is 1. The average molecular weight is 600 g/mol. The topological polar surface area (TPSA) is 81.2 Å². The van der Waals surface area contributed by atoms with Crippen molar-refractivity contribution in [2.24, 2.45) is 17.8 Å². The molecule has 0 radical (unpaired) electrons. The number of hydrogen-bond donors (Lipinski definition) is 1. The molecule has 2 aromatic rings. The first kappa shape index (κ1) is 29.7. The molecule has 1 spiro atoms. The summed E-state index contributed by atoms with van der Waals surface area (Å²) >= 11 is 1.59. The second-order valence-corrected chi connectivity index (χ2v) is 14.3. The zero-order valence-corrected chi connectivity index (χ0v) is 26.2. The van der Waals surface area contributed by atoms with Gasteiger partial charge in [0.1, 0.15) is 6.04 Å². The Morgan fingerprint density at radius 2 is 1.74 bits per heavy atom. The van der Waals surface area contributed by atoms with Crippen LogP contribution >= 0.6 is 11.8 Å². The highest BCUT2D eigenvalue weighted by molar-refractivity contribution is 8.02.